The molecular formula is C31H50O6. The quantitative estimate of drug-likeness (QED) is 0.453. The van der Waals surface area contributed by atoms with Crippen LogP contribution in [0, 0.1) is 40.4 Å². The summed E-state index contributed by atoms with van der Waals surface area (Å²) >= 11 is 0. The van der Waals surface area contributed by atoms with Gasteiger partial charge in [-0.2, -0.15) is 0 Å². The molecule has 0 aromatic rings. The van der Waals surface area contributed by atoms with Gasteiger partial charge in [-0.3, -0.25) is 4.79 Å². The largest absolute Gasteiger partial charge is 0.388 e. The fourth-order valence-electron chi connectivity index (χ4n) is 9.29. The summed E-state index contributed by atoms with van der Waals surface area (Å²) < 4.78 is 12.4. The number of hydrogen-bond acceptors (Lipinski definition) is 6. The lowest BCUT2D eigenvalue weighted by Gasteiger charge is -2.56. The molecule has 6 nitrogen and oxygen atoms in total. The Morgan fingerprint density at radius 1 is 1.03 bits per heavy atom. The lowest BCUT2D eigenvalue weighted by molar-refractivity contribution is -0.312. The second kappa shape index (κ2) is 10.3. The first-order valence-electron chi connectivity index (χ1n) is 15.0. The molecule has 0 bridgehead atoms. The van der Waals surface area contributed by atoms with E-state index in [1.807, 2.05) is 0 Å². The smallest absolute Gasteiger partial charge is 0.186 e. The van der Waals surface area contributed by atoms with E-state index in [0.717, 1.165) is 25.7 Å². The molecule has 1 saturated heterocycles. The Labute approximate surface area is 223 Å². The number of ketones is 1. The van der Waals surface area contributed by atoms with Gasteiger partial charge in [0.05, 0.1) is 12.2 Å². The van der Waals surface area contributed by atoms with Crippen molar-refractivity contribution in [1.82, 2.24) is 0 Å². The van der Waals surface area contributed by atoms with Crippen LogP contribution < -0.4 is 0 Å². The molecule has 12 unspecified atom stereocenters. The molecular weight excluding hydrogens is 468 g/mol. The zero-order valence-electron chi connectivity index (χ0n) is 23.6. The van der Waals surface area contributed by atoms with Gasteiger partial charge in [-0.15, -0.1) is 0 Å². The molecule has 1 aliphatic heterocycles. The third-order valence-electron chi connectivity index (χ3n) is 12.0. The maximum atomic E-state index is 12.4. The van der Waals surface area contributed by atoms with Gasteiger partial charge >= 0.3 is 0 Å². The predicted octanol–water partition coefficient (Wildman–Crippen LogP) is 4.78. The second-order valence-corrected chi connectivity index (χ2v) is 13.8. The minimum Gasteiger partial charge on any atom is -0.388 e. The number of allylic oxidation sites excluding steroid dienone is 1. The first-order chi connectivity index (χ1) is 17.5. The molecule has 6 heteroatoms. The van der Waals surface area contributed by atoms with Gasteiger partial charge < -0.3 is 24.8 Å². The van der Waals surface area contributed by atoms with E-state index in [2.05, 4.69) is 26.8 Å². The van der Waals surface area contributed by atoms with Gasteiger partial charge in [0.15, 0.2) is 6.29 Å². The molecule has 210 valence electrons. The van der Waals surface area contributed by atoms with Crippen LogP contribution in [0.3, 0.4) is 0 Å². The number of fused-ring (bicyclic) bond motifs is 1. The molecule has 0 amide bonds. The Bertz CT molecular complexity index is 883. The van der Waals surface area contributed by atoms with Crippen LogP contribution in [0.15, 0.2) is 11.6 Å². The number of carbonyl (C=O) groups is 1. The van der Waals surface area contributed by atoms with Crippen molar-refractivity contribution in [3.05, 3.63) is 11.6 Å². The molecule has 3 N–H and O–H groups in total. The van der Waals surface area contributed by atoms with Crippen molar-refractivity contribution in [3.63, 3.8) is 0 Å². The van der Waals surface area contributed by atoms with Crippen molar-refractivity contribution in [2.75, 3.05) is 0 Å². The normalized spacial score (nSPS) is 52.1. The Kier molecular flexibility index (Phi) is 7.74. The first-order valence-corrected chi connectivity index (χ1v) is 15.0. The van der Waals surface area contributed by atoms with Crippen molar-refractivity contribution in [3.8, 4) is 0 Å². The predicted molar refractivity (Wildman–Crippen MR) is 142 cm³/mol. The molecule has 4 aliphatic carbocycles. The van der Waals surface area contributed by atoms with Crippen molar-refractivity contribution in [2.45, 2.75) is 136 Å². The third-order valence-corrected chi connectivity index (χ3v) is 12.0. The number of rotatable bonds is 5. The average Bonchev–Trinajstić information content (AvgIpc) is 3.18. The highest BCUT2D eigenvalue weighted by Gasteiger charge is 2.56. The maximum absolute atomic E-state index is 12.4. The average molecular weight is 519 g/mol. The lowest BCUT2D eigenvalue weighted by Crippen LogP contribution is -2.59. The number of Topliss-reactive ketones (excluding diaryl/α,β-unsaturated/α-hetero) is 1. The minimum absolute atomic E-state index is 0.0682. The van der Waals surface area contributed by atoms with Gasteiger partial charge in [0, 0.05) is 5.92 Å². The van der Waals surface area contributed by atoms with Crippen LogP contribution in [0.5, 0.6) is 0 Å². The zero-order chi connectivity index (χ0) is 26.7. The Morgan fingerprint density at radius 3 is 2.38 bits per heavy atom. The molecule has 37 heavy (non-hydrogen) atoms. The van der Waals surface area contributed by atoms with Gasteiger partial charge in [-0.25, -0.2) is 0 Å². The van der Waals surface area contributed by atoms with Crippen LogP contribution in [-0.4, -0.2) is 57.9 Å². The molecule has 4 saturated carbocycles. The van der Waals surface area contributed by atoms with Crippen LogP contribution in [0.4, 0.5) is 0 Å². The Morgan fingerprint density at radius 2 is 1.76 bits per heavy atom. The van der Waals surface area contributed by atoms with E-state index in [1.165, 1.54) is 44.1 Å². The van der Waals surface area contributed by atoms with Gasteiger partial charge in [-0.1, -0.05) is 44.8 Å². The molecule has 0 aromatic carbocycles. The summed E-state index contributed by atoms with van der Waals surface area (Å²) in [4.78, 5) is 12.4. The van der Waals surface area contributed by atoms with E-state index in [9.17, 15) is 20.1 Å². The van der Waals surface area contributed by atoms with E-state index in [1.54, 1.807) is 13.8 Å². The summed E-state index contributed by atoms with van der Waals surface area (Å²) in [7, 11) is 0. The molecule has 0 spiro atoms. The van der Waals surface area contributed by atoms with E-state index in [-0.39, 0.29) is 22.9 Å². The SMILES string of the molecule is CC=C1CC(OC2OC(C)C(O)C(O)C2O)C(C2CCC2)CC1(C)C1CCC2(C)C(CCC2C(C)=O)C1. The first kappa shape index (κ1) is 27.8. The van der Waals surface area contributed by atoms with Gasteiger partial charge in [-0.05, 0) is 100 Å². The number of aliphatic hydroxyl groups is 3. The molecule has 5 fully saturated rings. The van der Waals surface area contributed by atoms with E-state index in [4.69, 9.17) is 9.47 Å². The fourth-order valence-corrected chi connectivity index (χ4v) is 9.29. The molecule has 12 atom stereocenters. The summed E-state index contributed by atoms with van der Waals surface area (Å²) in [5, 5.41) is 31.1. The third kappa shape index (κ3) is 4.67. The molecule has 5 aliphatic rings. The Balaban J connectivity index is 1.35. The molecule has 0 aromatic heterocycles. The summed E-state index contributed by atoms with van der Waals surface area (Å²) in [5.74, 6) is 2.87. The number of carbonyl (C=O) groups excluding carboxylic acids is 1. The van der Waals surface area contributed by atoms with Crippen LogP contribution in [0.1, 0.15) is 98.8 Å². The molecule has 1 heterocycles. The maximum Gasteiger partial charge on any atom is 0.186 e. The highest BCUT2D eigenvalue weighted by molar-refractivity contribution is 5.79. The van der Waals surface area contributed by atoms with E-state index < -0.39 is 30.7 Å². The van der Waals surface area contributed by atoms with Crippen LogP contribution in [-0.2, 0) is 14.3 Å². The summed E-state index contributed by atoms with van der Waals surface area (Å²) in [6.07, 6.45) is 8.45. The number of hydrogen-bond donors (Lipinski definition) is 3. The van der Waals surface area contributed by atoms with Gasteiger partial charge in [0.25, 0.3) is 0 Å². The Hall–Kier alpha value is -0.790. The number of ether oxygens (including phenoxy) is 2. The highest BCUT2D eigenvalue weighted by atomic mass is 16.7. The van der Waals surface area contributed by atoms with Crippen LogP contribution >= 0.6 is 0 Å². The van der Waals surface area contributed by atoms with Crippen molar-refractivity contribution in [1.29, 1.82) is 0 Å². The van der Waals surface area contributed by atoms with E-state index >= 15 is 0 Å². The van der Waals surface area contributed by atoms with E-state index in [0.29, 0.717) is 29.5 Å². The summed E-state index contributed by atoms with van der Waals surface area (Å²) in [6.45, 7) is 10.5. The molecule has 5 rings (SSSR count). The molecule has 0 radical (unpaired) electrons. The van der Waals surface area contributed by atoms with Crippen LogP contribution in [0.25, 0.3) is 0 Å². The lowest BCUT2D eigenvalue weighted by atomic mass is 9.51. The van der Waals surface area contributed by atoms with Crippen molar-refractivity contribution < 1.29 is 29.6 Å². The van der Waals surface area contributed by atoms with Gasteiger partial charge in [0.1, 0.15) is 24.1 Å². The summed E-state index contributed by atoms with van der Waals surface area (Å²) in [5.41, 5.74) is 1.72. The topological polar surface area (TPSA) is 96.2 Å². The standard InChI is InChI=1S/C31H50O6/c1-6-20-15-25(37-29-28(35)27(34)26(33)18(3)36-29)23(19-8-7-9-19)16-31(20,5)22-12-13-30(4)21(14-22)10-11-24(30)17(2)32/h6,18-19,21-29,33-35H,7-16H2,1-5H3. The monoisotopic (exact) mass is 518 g/mol. The van der Waals surface area contributed by atoms with Crippen molar-refractivity contribution >= 4 is 5.78 Å². The fraction of sp³-hybridized carbons (Fsp3) is 0.903. The zero-order valence-corrected chi connectivity index (χ0v) is 23.6. The highest BCUT2D eigenvalue weighted by Crippen LogP contribution is 2.63. The van der Waals surface area contributed by atoms with Crippen LogP contribution in [0.2, 0.25) is 0 Å². The van der Waals surface area contributed by atoms with Crippen molar-refractivity contribution in [2.24, 2.45) is 40.4 Å². The summed E-state index contributed by atoms with van der Waals surface area (Å²) in [6, 6.07) is 0. The minimum atomic E-state index is -1.27. The second-order valence-electron chi connectivity index (χ2n) is 13.8. The number of aliphatic hydroxyl groups excluding tert-OH is 3. The van der Waals surface area contributed by atoms with Gasteiger partial charge in [0.2, 0.25) is 0 Å².